The van der Waals surface area contributed by atoms with E-state index in [0.29, 0.717) is 28.0 Å². The third-order valence-electron chi connectivity index (χ3n) is 5.13. The fourth-order valence-corrected chi connectivity index (χ4v) is 3.72. The van der Waals surface area contributed by atoms with E-state index < -0.39 is 24.1 Å². The van der Waals surface area contributed by atoms with E-state index in [2.05, 4.69) is 15.5 Å². The Balaban J connectivity index is 1.70. The molecule has 0 unspecified atom stereocenters. The standard InChI is InChI=1S/C21H20F2N4O3/c1-30-14-6-7-17(18(23)9-14)19-15-4-2-3-5-16(15)20(26-25-19)24-13-8-12(22)10-27(11-13)21(28)29/h2-7,9,12-13H,8,10-11H2,1H3,(H,24,26)(H,28,29)/t12-,13-/m1/s1. The average molecular weight is 414 g/mol. The molecule has 156 valence electrons. The van der Waals surface area contributed by atoms with Gasteiger partial charge in [0.05, 0.1) is 13.7 Å². The largest absolute Gasteiger partial charge is 0.497 e. The molecule has 0 bridgehead atoms. The summed E-state index contributed by atoms with van der Waals surface area (Å²) in [5.41, 5.74) is 0.653. The zero-order chi connectivity index (χ0) is 21.3. The van der Waals surface area contributed by atoms with Crippen molar-refractivity contribution in [3.05, 3.63) is 48.3 Å². The molecular formula is C21H20F2N4O3. The number of likely N-dealkylation sites (tertiary alicyclic amines) is 1. The van der Waals surface area contributed by atoms with Crippen LogP contribution in [-0.2, 0) is 0 Å². The topological polar surface area (TPSA) is 87.6 Å². The van der Waals surface area contributed by atoms with Crippen molar-refractivity contribution in [2.45, 2.75) is 18.6 Å². The highest BCUT2D eigenvalue weighted by Gasteiger charge is 2.30. The van der Waals surface area contributed by atoms with Crippen LogP contribution in [0.2, 0.25) is 0 Å². The fraction of sp³-hybridized carbons (Fsp3) is 0.286. The Morgan fingerprint density at radius 3 is 2.67 bits per heavy atom. The summed E-state index contributed by atoms with van der Waals surface area (Å²) >= 11 is 0. The molecule has 30 heavy (non-hydrogen) atoms. The molecule has 0 spiro atoms. The monoisotopic (exact) mass is 414 g/mol. The van der Waals surface area contributed by atoms with E-state index in [-0.39, 0.29) is 25.1 Å². The van der Waals surface area contributed by atoms with Crippen molar-refractivity contribution in [3.8, 4) is 17.0 Å². The number of hydrogen-bond donors (Lipinski definition) is 2. The Morgan fingerprint density at radius 2 is 1.97 bits per heavy atom. The van der Waals surface area contributed by atoms with E-state index in [0.717, 1.165) is 4.90 Å². The molecule has 1 fully saturated rings. The van der Waals surface area contributed by atoms with Gasteiger partial charge in [0.2, 0.25) is 0 Å². The van der Waals surface area contributed by atoms with Gasteiger partial charge in [0, 0.05) is 41.4 Å². The molecule has 0 radical (unpaired) electrons. The Labute approximate surface area is 171 Å². The van der Waals surface area contributed by atoms with Gasteiger partial charge in [-0.25, -0.2) is 13.6 Å². The summed E-state index contributed by atoms with van der Waals surface area (Å²) in [5.74, 6) is 0.305. The van der Waals surface area contributed by atoms with Crippen LogP contribution in [0.3, 0.4) is 0 Å². The lowest BCUT2D eigenvalue weighted by Crippen LogP contribution is -2.49. The lowest BCUT2D eigenvalue weighted by atomic mass is 10.0. The highest BCUT2D eigenvalue weighted by atomic mass is 19.1. The quantitative estimate of drug-likeness (QED) is 0.672. The van der Waals surface area contributed by atoms with Crippen molar-refractivity contribution in [3.63, 3.8) is 0 Å². The van der Waals surface area contributed by atoms with Gasteiger partial charge in [-0.05, 0) is 12.1 Å². The SMILES string of the molecule is COc1ccc(-c2nnc(N[C@@H]3C[C@@H](F)CN(C(=O)O)C3)c3ccccc23)c(F)c1. The van der Waals surface area contributed by atoms with Crippen LogP contribution < -0.4 is 10.1 Å². The predicted molar refractivity (Wildman–Crippen MR) is 108 cm³/mol. The third-order valence-corrected chi connectivity index (χ3v) is 5.13. The highest BCUT2D eigenvalue weighted by Crippen LogP contribution is 2.33. The molecule has 4 rings (SSSR count). The summed E-state index contributed by atoms with van der Waals surface area (Å²) in [5, 5.41) is 22.1. The summed E-state index contributed by atoms with van der Waals surface area (Å²) < 4.78 is 33.7. The number of benzene rings is 2. The van der Waals surface area contributed by atoms with Crippen molar-refractivity contribution < 1.29 is 23.4 Å². The maximum atomic E-state index is 14.6. The first kappa shape index (κ1) is 19.8. The lowest BCUT2D eigenvalue weighted by Gasteiger charge is -2.33. The van der Waals surface area contributed by atoms with Crippen LogP contribution in [0.1, 0.15) is 6.42 Å². The molecule has 3 aromatic rings. The van der Waals surface area contributed by atoms with Gasteiger partial charge >= 0.3 is 6.09 Å². The van der Waals surface area contributed by atoms with Gasteiger partial charge in [-0.2, -0.15) is 0 Å². The number of anilines is 1. The second kappa shape index (κ2) is 8.10. The lowest BCUT2D eigenvalue weighted by molar-refractivity contribution is 0.102. The van der Waals surface area contributed by atoms with Crippen LogP contribution >= 0.6 is 0 Å². The summed E-state index contributed by atoms with van der Waals surface area (Å²) in [6, 6.07) is 11.3. The summed E-state index contributed by atoms with van der Waals surface area (Å²) in [7, 11) is 1.46. The Kier molecular flexibility index (Phi) is 5.35. The van der Waals surface area contributed by atoms with Crippen molar-refractivity contribution >= 4 is 22.7 Å². The van der Waals surface area contributed by atoms with Gasteiger partial charge in [-0.3, -0.25) is 0 Å². The van der Waals surface area contributed by atoms with Gasteiger partial charge < -0.3 is 20.1 Å². The number of amides is 1. The first-order valence-corrected chi connectivity index (χ1v) is 9.44. The van der Waals surface area contributed by atoms with Crippen LogP contribution in [-0.4, -0.2) is 58.7 Å². The van der Waals surface area contributed by atoms with E-state index in [4.69, 9.17) is 4.74 Å². The highest BCUT2D eigenvalue weighted by molar-refractivity contribution is 6.00. The Morgan fingerprint density at radius 1 is 1.20 bits per heavy atom. The van der Waals surface area contributed by atoms with Gasteiger partial charge in [0.15, 0.2) is 5.82 Å². The van der Waals surface area contributed by atoms with Crippen molar-refractivity contribution in [1.82, 2.24) is 15.1 Å². The summed E-state index contributed by atoms with van der Waals surface area (Å²) in [6.07, 6.45) is -2.26. The number of piperidine rings is 1. The molecule has 1 aliphatic heterocycles. The average Bonchev–Trinajstić information content (AvgIpc) is 2.74. The molecule has 2 aromatic carbocycles. The number of carbonyl (C=O) groups is 1. The van der Waals surface area contributed by atoms with E-state index in [1.54, 1.807) is 18.2 Å². The maximum absolute atomic E-state index is 14.6. The molecule has 2 heterocycles. The first-order valence-electron chi connectivity index (χ1n) is 9.44. The second-order valence-electron chi connectivity index (χ2n) is 7.15. The van der Waals surface area contributed by atoms with Crippen LogP contribution in [0, 0.1) is 5.82 Å². The van der Waals surface area contributed by atoms with Gasteiger partial charge in [0.25, 0.3) is 0 Å². The molecule has 7 nitrogen and oxygen atoms in total. The Hall–Kier alpha value is -3.49. The minimum Gasteiger partial charge on any atom is -0.497 e. The van der Waals surface area contributed by atoms with Crippen molar-refractivity contribution in [2.75, 3.05) is 25.5 Å². The zero-order valence-corrected chi connectivity index (χ0v) is 16.2. The third kappa shape index (κ3) is 3.83. The molecule has 0 saturated carbocycles. The number of carboxylic acid groups (broad SMARTS) is 1. The van der Waals surface area contributed by atoms with Crippen LogP contribution in [0.5, 0.6) is 5.75 Å². The fourth-order valence-electron chi connectivity index (χ4n) is 3.72. The number of rotatable bonds is 4. The number of nitrogens with one attached hydrogen (secondary N) is 1. The number of ether oxygens (including phenoxy) is 1. The molecule has 2 N–H and O–H groups in total. The summed E-state index contributed by atoms with van der Waals surface area (Å²) in [4.78, 5) is 12.3. The molecule has 1 amide bonds. The molecule has 9 heteroatoms. The van der Waals surface area contributed by atoms with E-state index in [9.17, 15) is 18.7 Å². The van der Waals surface area contributed by atoms with Gasteiger partial charge in [0.1, 0.15) is 23.4 Å². The Bertz CT molecular complexity index is 1100. The normalized spacial score (nSPS) is 19.0. The number of halogens is 2. The molecule has 0 aliphatic carbocycles. The van der Waals surface area contributed by atoms with Gasteiger partial charge in [-0.1, -0.05) is 24.3 Å². The van der Waals surface area contributed by atoms with Gasteiger partial charge in [-0.15, -0.1) is 10.2 Å². The van der Waals surface area contributed by atoms with Crippen LogP contribution in [0.4, 0.5) is 19.4 Å². The van der Waals surface area contributed by atoms with Crippen LogP contribution in [0.15, 0.2) is 42.5 Å². The number of nitrogens with zero attached hydrogens (tertiary/aromatic N) is 3. The number of hydrogen-bond acceptors (Lipinski definition) is 5. The minimum atomic E-state index is -1.26. The predicted octanol–water partition coefficient (Wildman–Crippen LogP) is 3.95. The molecule has 1 aromatic heterocycles. The molecule has 1 saturated heterocycles. The van der Waals surface area contributed by atoms with E-state index >= 15 is 0 Å². The van der Waals surface area contributed by atoms with Crippen molar-refractivity contribution in [1.29, 1.82) is 0 Å². The first-order chi connectivity index (χ1) is 14.5. The number of methoxy groups -OCH3 is 1. The van der Waals surface area contributed by atoms with Crippen LogP contribution in [0.25, 0.3) is 22.0 Å². The second-order valence-corrected chi connectivity index (χ2v) is 7.15. The maximum Gasteiger partial charge on any atom is 0.407 e. The smallest absolute Gasteiger partial charge is 0.407 e. The number of fused-ring (bicyclic) bond motifs is 1. The molecule has 2 atom stereocenters. The minimum absolute atomic E-state index is 0.140. The molecular weight excluding hydrogens is 394 g/mol. The zero-order valence-electron chi connectivity index (χ0n) is 16.2. The van der Waals surface area contributed by atoms with E-state index in [1.165, 1.54) is 13.2 Å². The number of aromatic nitrogens is 2. The summed E-state index contributed by atoms with van der Waals surface area (Å²) in [6.45, 7) is -0.00373. The number of alkyl halides is 1. The van der Waals surface area contributed by atoms with Crippen molar-refractivity contribution in [2.24, 2.45) is 0 Å². The molecule has 1 aliphatic rings. The van der Waals surface area contributed by atoms with E-state index in [1.807, 2.05) is 18.2 Å².